The lowest BCUT2D eigenvalue weighted by Gasteiger charge is -2.41. The van der Waals surface area contributed by atoms with E-state index in [2.05, 4.69) is 15.3 Å². The van der Waals surface area contributed by atoms with Gasteiger partial charge in [0.1, 0.15) is 5.65 Å². The smallest absolute Gasteiger partial charge is 0.346 e. The van der Waals surface area contributed by atoms with Gasteiger partial charge in [0.15, 0.2) is 0 Å². The summed E-state index contributed by atoms with van der Waals surface area (Å²) in [4.78, 5) is 23.0. The third-order valence-corrected chi connectivity index (χ3v) is 4.85. The maximum atomic E-state index is 12.6. The fraction of sp³-hybridized carbons (Fsp3) is 0.500. The maximum absolute atomic E-state index is 12.6. The number of nitrogens with zero attached hydrogens (tertiary/aromatic N) is 3. The molecule has 0 aromatic carbocycles. The van der Waals surface area contributed by atoms with Crippen LogP contribution in [0.2, 0.25) is 0 Å². The first-order chi connectivity index (χ1) is 11.9. The molecule has 2 amide bonds. The van der Waals surface area contributed by atoms with E-state index in [1.165, 1.54) is 4.90 Å². The molecule has 0 bridgehead atoms. The zero-order chi connectivity index (χ0) is 17.6. The van der Waals surface area contributed by atoms with Gasteiger partial charge < -0.3 is 10.3 Å². The highest BCUT2D eigenvalue weighted by Crippen LogP contribution is 2.35. The highest BCUT2D eigenvalue weighted by Gasteiger charge is 2.37. The molecule has 4 rings (SSSR count). The van der Waals surface area contributed by atoms with E-state index in [4.69, 9.17) is 0 Å². The molecule has 2 aromatic heterocycles. The van der Waals surface area contributed by atoms with Crippen molar-refractivity contribution in [3.8, 4) is 0 Å². The van der Waals surface area contributed by atoms with Crippen LogP contribution in [0, 0.1) is 0 Å². The van der Waals surface area contributed by atoms with Crippen LogP contribution in [0.4, 0.5) is 23.7 Å². The molecule has 2 aliphatic rings. The number of hydrogen-bond donors (Lipinski definition) is 2. The lowest BCUT2D eigenvalue weighted by atomic mass is 9.99. The highest BCUT2D eigenvalue weighted by atomic mass is 19.4. The second-order valence-electron chi connectivity index (χ2n) is 6.52. The van der Waals surface area contributed by atoms with Crippen molar-refractivity contribution in [2.75, 3.05) is 24.5 Å². The number of amides is 2. The van der Waals surface area contributed by atoms with E-state index in [0.29, 0.717) is 38.1 Å². The molecule has 2 aliphatic heterocycles. The summed E-state index contributed by atoms with van der Waals surface area (Å²) in [5.74, 6) is 0. The monoisotopic (exact) mass is 353 g/mol. The summed E-state index contributed by atoms with van der Waals surface area (Å²) in [6, 6.07) is 1.56. The molecule has 0 spiro atoms. The Morgan fingerprint density at radius 2 is 2.04 bits per heavy atom. The van der Waals surface area contributed by atoms with Crippen molar-refractivity contribution >= 4 is 22.8 Å². The summed E-state index contributed by atoms with van der Waals surface area (Å²) in [6.07, 6.45) is 0.340. The van der Waals surface area contributed by atoms with Crippen molar-refractivity contribution < 1.29 is 18.0 Å². The van der Waals surface area contributed by atoms with E-state index in [1.807, 2.05) is 6.07 Å². The van der Waals surface area contributed by atoms with Gasteiger partial charge in [0, 0.05) is 49.0 Å². The first kappa shape index (κ1) is 16.2. The van der Waals surface area contributed by atoms with Gasteiger partial charge in [-0.3, -0.25) is 9.80 Å². The third kappa shape index (κ3) is 3.04. The fourth-order valence-electron chi connectivity index (χ4n) is 3.74. The number of urea groups is 1. The number of carbonyl (C=O) groups excluding carboxylic acids is 1. The number of fused-ring (bicyclic) bond motifs is 3. The molecular weight excluding hydrogens is 335 g/mol. The number of likely N-dealkylation sites (tertiary alicyclic amines) is 1. The van der Waals surface area contributed by atoms with Gasteiger partial charge in [-0.15, -0.1) is 0 Å². The molecule has 0 atom stereocenters. The van der Waals surface area contributed by atoms with Gasteiger partial charge in [-0.25, -0.2) is 9.78 Å². The van der Waals surface area contributed by atoms with E-state index in [9.17, 15) is 18.0 Å². The van der Waals surface area contributed by atoms with E-state index in [-0.39, 0.29) is 12.1 Å². The van der Waals surface area contributed by atoms with E-state index >= 15 is 0 Å². The largest absolute Gasteiger partial charge is 0.401 e. The minimum atomic E-state index is -4.19. The molecule has 1 saturated heterocycles. The highest BCUT2D eigenvalue weighted by molar-refractivity contribution is 6.04. The van der Waals surface area contributed by atoms with E-state index < -0.39 is 12.7 Å². The molecule has 2 aromatic rings. The molecule has 0 unspecified atom stereocenters. The number of piperidine rings is 1. The lowest BCUT2D eigenvalue weighted by molar-refractivity contribution is -0.147. The SMILES string of the molecule is O=C1NCc2cnc3[nH]ccc3c2N1C1CCN(CC(F)(F)F)CC1. The van der Waals surface area contributed by atoms with Gasteiger partial charge in [-0.1, -0.05) is 0 Å². The van der Waals surface area contributed by atoms with Gasteiger partial charge >= 0.3 is 12.2 Å². The van der Waals surface area contributed by atoms with Gasteiger partial charge in [-0.05, 0) is 18.9 Å². The Bertz CT molecular complexity index is 795. The Morgan fingerprint density at radius 1 is 1.28 bits per heavy atom. The summed E-state index contributed by atoms with van der Waals surface area (Å²) in [5.41, 5.74) is 2.45. The number of rotatable bonds is 2. The van der Waals surface area contributed by atoms with Crippen LogP contribution in [0.3, 0.4) is 0 Å². The molecule has 0 aliphatic carbocycles. The molecule has 0 saturated carbocycles. The third-order valence-electron chi connectivity index (χ3n) is 4.85. The maximum Gasteiger partial charge on any atom is 0.401 e. The first-order valence-corrected chi connectivity index (χ1v) is 8.23. The topological polar surface area (TPSA) is 64.3 Å². The Labute approximate surface area is 142 Å². The molecule has 6 nitrogen and oxygen atoms in total. The average Bonchev–Trinajstić information content (AvgIpc) is 3.03. The number of aromatic amines is 1. The quantitative estimate of drug-likeness (QED) is 0.872. The summed E-state index contributed by atoms with van der Waals surface area (Å²) < 4.78 is 37.7. The second-order valence-corrected chi connectivity index (χ2v) is 6.52. The number of anilines is 1. The summed E-state index contributed by atoms with van der Waals surface area (Å²) in [5, 5.41) is 3.70. The van der Waals surface area contributed by atoms with E-state index in [1.54, 1.807) is 17.3 Å². The van der Waals surface area contributed by atoms with Crippen LogP contribution in [-0.2, 0) is 6.54 Å². The standard InChI is InChI=1S/C16H18F3N5O/c17-16(18,19)9-23-5-2-11(3-6-23)24-13-10(8-22-15(24)25)7-21-14-12(13)1-4-20-14/h1,4,7,11H,2-3,5-6,8-9H2,(H,20,21)(H,22,25). The number of halogens is 3. The van der Waals surface area contributed by atoms with Gasteiger partial charge in [0.25, 0.3) is 0 Å². The Kier molecular flexibility index (Phi) is 3.82. The van der Waals surface area contributed by atoms with Gasteiger partial charge in [0.05, 0.1) is 12.2 Å². The van der Waals surface area contributed by atoms with Gasteiger partial charge in [0.2, 0.25) is 0 Å². The molecule has 9 heteroatoms. The molecular formula is C16H18F3N5O. The second kappa shape index (κ2) is 5.91. The Balaban J connectivity index is 1.59. The lowest BCUT2D eigenvalue weighted by Crippen LogP contribution is -2.54. The van der Waals surface area contributed by atoms with Gasteiger partial charge in [-0.2, -0.15) is 13.2 Å². The van der Waals surface area contributed by atoms with Crippen molar-refractivity contribution in [2.24, 2.45) is 0 Å². The molecule has 2 N–H and O–H groups in total. The number of carbonyl (C=O) groups is 1. The number of H-pyrrole nitrogens is 1. The van der Waals surface area contributed by atoms with Crippen LogP contribution >= 0.6 is 0 Å². The van der Waals surface area contributed by atoms with Crippen LogP contribution < -0.4 is 10.2 Å². The summed E-state index contributed by atoms with van der Waals surface area (Å²) >= 11 is 0. The molecule has 1 fully saturated rings. The normalized spacial score (nSPS) is 20.0. The molecule has 4 heterocycles. The number of pyridine rings is 1. The van der Waals surface area contributed by atoms with Crippen molar-refractivity contribution in [1.29, 1.82) is 0 Å². The predicted molar refractivity (Wildman–Crippen MR) is 86.3 cm³/mol. The van der Waals surface area contributed by atoms with Crippen molar-refractivity contribution in [2.45, 2.75) is 31.6 Å². The summed E-state index contributed by atoms with van der Waals surface area (Å²) in [6.45, 7) is 0.162. The summed E-state index contributed by atoms with van der Waals surface area (Å²) in [7, 11) is 0. The van der Waals surface area contributed by atoms with Crippen molar-refractivity contribution in [1.82, 2.24) is 20.2 Å². The molecule has 134 valence electrons. The van der Waals surface area contributed by atoms with Crippen LogP contribution in [0.25, 0.3) is 11.0 Å². The van der Waals surface area contributed by atoms with Crippen LogP contribution in [0.1, 0.15) is 18.4 Å². The van der Waals surface area contributed by atoms with Crippen LogP contribution in [-0.4, -0.2) is 52.8 Å². The zero-order valence-electron chi connectivity index (χ0n) is 13.4. The number of alkyl halides is 3. The Hall–Kier alpha value is -2.29. The molecule has 25 heavy (non-hydrogen) atoms. The fourth-order valence-corrected chi connectivity index (χ4v) is 3.74. The minimum absolute atomic E-state index is 0.121. The number of hydrogen-bond acceptors (Lipinski definition) is 3. The van der Waals surface area contributed by atoms with Crippen molar-refractivity contribution in [3.05, 3.63) is 24.0 Å². The Morgan fingerprint density at radius 3 is 2.76 bits per heavy atom. The predicted octanol–water partition coefficient (Wildman–Crippen LogP) is 2.62. The zero-order valence-corrected chi connectivity index (χ0v) is 13.4. The first-order valence-electron chi connectivity index (χ1n) is 8.23. The molecule has 0 radical (unpaired) electrons. The number of aromatic nitrogens is 2. The minimum Gasteiger partial charge on any atom is -0.346 e. The van der Waals surface area contributed by atoms with E-state index in [0.717, 1.165) is 16.6 Å². The van der Waals surface area contributed by atoms with Crippen LogP contribution in [0.5, 0.6) is 0 Å². The van der Waals surface area contributed by atoms with Crippen molar-refractivity contribution in [3.63, 3.8) is 0 Å². The number of nitrogens with one attached hydrogen (secondary N) is 2. The average molecular weight is 353 g/mol. The van der Waals surface area contributed by atoms with Crippen LogP contribution in [0.15, 0.2) is 18.5 Å².